The van der Waals surface area contributed by atoms with Crippen LogP contribution in [0.3, 0.4) is 0 Å². The molecule has 0 spiro atoms. The van der Waals surface area contributed by atoms with Crippen molar-refractivity contribution < 1.29 is 14.4 Å². The van der Waals surface area contributed by atoms with Crippen molar-refractivity contribution >= 4 is 34.4 Å². The fraction of sp³-hybridized carbons (Fsp3) is 0.267. The van der Waals surface area contributed by atoms with Crippen LogP contribution in [-0.4, -0.2) is 52.2 Å². The van der Waals surface area contributed by atoms with Crippen molar-refractivity contribution in [3.05, 3.63) is 89.6 Å². The number of nitrogens with two attached hydrogens (primary N) is 1. The number of benzene rings is 3. The third-order valence-electron chi connectivity index (χ3n) is 7.67. The number of carbonyl (C=O) groups excluding carboxylic acids is 3. The van der Waals surface area contributed by atoms with E-state index in [1.807, 2.05) is 36.5 Å². The molecule has 3 N–H and O–H groups in total. The molecule has 0 unspecified atom stereocenters. The van der Waals surface area contributed by atoms with Crippen molar-refractivity contribution in [2.24, 2.45) is 5.73 Å². The Labute approximate surface area is 226 Å². The Morgan fingerprint density at radius 2 is 1.82 bits per heavy atom. The molecule has 2 aliphatic heterocycles. The predicted octanol–water partition coefficient (Wildman–Crippen LogP) is 3.95. The molecule has 0 saturated carbocycles. The Balaban J connectivity index is 1.17. The molecule has 0 radical (unpaired) electrons. The van der Waals surface area contributed by atoms with E-state index in [0.717, 1.165) is 54.8 Å². The van der Waals surface area contributed by atoms with E-state index in [1.165, 1.54) is 5.56 Å². The van der Waals surface area contributed by atoms with E-state index >= 15 is 0 Å². The number of likely N-dealkylation sites (tertiary alicyclic amines) is 1. The van der Waals surface area contributed by atoms with Crippen LogP contribution in [0, 0.1) is 0 Å². The number of carbonyl (C=O) groups is 3. The van der Waals surface area contributed by atoms with Crippen molar-refractivity contribution in [3.63, 3.8) is 0 Å². The van der Waals surface area contributed by atoms with Gasteiger partial charge in [0.1, 0.15) is 5.52 Å². The first kappa shape index (κ1) is 24.8. The molecule has 9 heteroatoms. The fourth-order valence-corrected chi connectivity index (χ4v) is 5.69. The molecule has 1 atom stereocenters. The van der Waals surface area contributed by atoms with E-state index in [-0.39, 0.29) is 11.9 Å². The number of piperidine rings is 1. The van der Waals surface area contributed by atoms with Crippen LogP contribution in [0.1, 0.15) is 46.7 Å². The highest BCUT2D eigenvalue weighted by Crippen LogP contribution is 2.31. The van der Waals surface area contributed by atoms with Gasteiger partial charge in [0.2, 0.25) is 5.91 Å². The van der Waals surface area contributed by atoms with E-state index in [1.54, 1.807) is 15.6 Å². The number of hydrogen-bond acceptors (Lipinski definition) is 5. The zero-order chi connectivity index (χ0) is 26.9. The second-order valence-electron chi connectivity index (χ2n) is 10.2. The fourth-order valence-electron chi connectivity index (χ4n) is 5.69. The molecule has 0 aliphatic carbocycles. The number of hydrogen-bond donors (Lipinski definition) is 2. The number of rotatable bonds is 6. The molecule has 1 aromatic heterocycles. The molecular formula is C30H30N6O3. The van der Waals surface area contributed by atoms with Crippen molar-refractivity contribution in [3.8, 4) is 5.69 Å². The van der Waals surface area contributed by atoms with E-state index in [0.29, 0.717) is 30.0 Å². The lowest BCUT2D eigenvalue weighted by molar-refractivity contribution is -0.120. The number of fused-ring (bicyclic) bond motifs is 1. The highest BCUT2D eigenvalue weighted by atomic mass is 16.2. The minimum absolute atomic E-state index is 0.227. The number of nitrogens with one attached hydrogen (secondary N) is 1. The molecule has 4 amide bonds. The van der Waals surface area contributed by atoms with Gasteiger partial charge < -0.3 is 5.73 Å². The van der Waals surface area contributed by atoms with E-state index in [4.69, 9.17) is 5.73 Å². The summed E-state index contributed by atoms with van der Waals surface area (Å²) in [6.45, 7) is 3.05. The summed E-state index contributed by atoms with van der Waals surface area (Å²) in [5.41, 5.74) is 10.7. The molecule has 2 fully saturated rings. The molecule has 2 aliphatic rings. The van der Waals surface area contributed by atoms with Crippen LogP contribution in [0.5, 0.6) is 0 Å². The van der Waals surface area contributed by atoms with Crippen LogP contribution in [0.4, 0.5) is 10.5 Å². The van der Waals surface area contributed by atoms with Gasteiger partial charge in [-0.15, -0.1) is 0 Å². The highest BCUT2D eigenvalue weighted by molar-refractivity contribution is 6.06. The molecule has 6 rings (SSSR count). The maximum Gasteiger partial charge on any atom is 0.328 e. The summed E-state index contributed by atoms with van der Waals surface area (Å²) < 4.78 is 1.79. The molecular weight excluding hydrogens is 492 g/mol. The van der Waals surface area contributed by atoms with Crippen molar-refractivity contribution in [2.45, 2.75) is 31.7 Å². The normalized spacial score (nSPS) is 18.4. The number of amides is 4. The lowest BCUT2D eigenvalue weighted by Gasteiger charge is -2.35. The van der Waals surface area contributed by atoms with Crippen molar-refractivity contribution in [1.82, 2.24) is 20.0 Å². The number of aromatic nitrogens is 2. The first-order chi connectivity index (χ1) is 19.0. The summed E-state index contributed by atoms with van der Waals surface area (Å²) in [5.74, 6) is -0.316. The second kappa shape index (κ2) is 10.3. The molecule has 3 heterocycles. The van der Waals surface area contributed by atoms with E-state index in [9.17, 15) is 14.4 Å². The average molecular weight is 523 g/mol. The maximum absolute atomic E-state index is 12.5. The monoisotopic (exact) mass is 522 g/mol. The SMILES string of the molecule is NC(=O)c1cccc2cn(-c3ccc([C@@H]4CCCN(Cc5ccccc5N5CCC(=O)NC5=O)C4)cc3)nc12. The van der Waals surface area contributed by atoms with Gasteiger partial charge in [-0.3, -0.25) is 24.7 Å². The number of para-hydroxylation sites is 1. The molecule has 4 aromatic rings. The van der Waals surface area contributed by atoms with Gasteiger partial charge >= 0.3 is 6.03 Å². The summed E-state index contributed by atoms with van der Waals surface area (Å²) >= 11 is 0. The van der Waals surface area contributed by atoms with Gasteiger partial charge in [-0.25, -0.2) is 9.48 Å². The number of urea groups is 1. The Bertz CT molecular complexity index is 1560. The summed E-state index contributed by atoms with van der Waals surface area (Å²) in [7, 11) is 0. The molecule has 198 valence electrons. The Morgan fingerprint density at radius 3 is 2.62 bits per heavy atom. The molecule has 2 saturated heterocycles. The zero-order valence-corrected chi connectivity index (χ0v) is 21.5. The highest BCUT2D eigenvalue weighted by Gasteiger charge is 2.27. The van der Waals surface area contributed by atoms with Crippen molar-refractivity contribution in [1.29, 1.82) is 0 Å². The predicted molar refractivity (Wildman–Crippen MR) is 149 cm³/mol. The molecule has 9 nitrogen and oxygen atoms in total. The maximum atomic E-state index is 12.5. The second-order valence-corrected chi connectivity index (χ2v) is 10.2. The largest absolute Gasteiger partial charge is 0.366 e. The van der Waals surface area contributed by atoms with E-state index in [2.05, 4.69) is 45.6 Å². The third kappa shape index (κ3) is 5.00. The number of imide groups is 1. The number of primary amides is 1. The number of anilines is 1. The lowest BCUT2D eigenvalue weighted by Crippen LogP contribution is -2.50. The third-order valence-corrected chi connectivity index (χ3v) is 7.67. The van der Waals surface area contributed by atoms with Crippen LogP contribution < -0.4 is 16.0 Å². The van der Waals surface area contributed by atoms with E-state index < -0.39 is 5.91 Å². The quantitative estimate of drug-likeness (QED) is 0.398. The standard InChI is InChI=1S/C30H30N6O3/c31-29(38)25-8-3-6-23-19-36(33-28(23)25)24-12-10-20(11-13-24)21-7-4-15-34(17-21)18-22-5-1-2-9-26(22)35-16-14-27(37)32-30(35)39/h1-3,5-6,8-13,19,21H,4,7,14-18H2,(H2,31,38)(H,32,37,39)/t21-/m1/s1. The Morgan fingerprint density at radius 1 is 1.00 bits per heavy atom. The van der Waals surface area contributed by atoms with Gasteiger partial charge in [-0.05, 0) is 60.7 Å². The first-order valence-electron chi connectivity index (χ1n) is 13.3. The van der Waals surface area contributed by atoms with Crippen LogP contribution >= 0.6 is 0 Å². The van der Waals surface area contributed by atoms with Gasteiger partial charge in [-0.1, -0.05) is 42.5 Å². The van der Waals surface area contributed by atoms with Gasteiger partial charge in [0.05, 0.1) is 11.3 Å². The van der Waals surface area contributed by atoms with Crippen molar-refractivity contribution in [2.75, 3.05) is 24.5 Å². The number of nitrogens with zero attached hydrogens (tertiary/aromatic N) is 4. The first-order valence-corrected chi connectivity index (χ1v) is 13.3. The minimum atomic E-state index is -0.486. The molecule has 0 bridgehead atoms. The van der Waals surface area contributed by atoms with Crippen LogP contribution in [0.25, 0.3) is 16.6 Å². The Hall–Kier alpha value is -4.50. The summed E-state index contributed by atoms with van der Waals surface area (Å²) in [6.07, 6.45) is 4.42. The van der Waals surface area contributed by atoms with Gasteiger partial charge in [0, 0.05) is 43.3 Å². The summed E-state index contributed by atoms with van der Waals surface area (Å²) in [4.78, 5) is 40.0. The minimum Gasteiger partial charge on any atom is -0.366 e. The van der Waals surface area contributed by atoms with Crippen LogP contribution in [-0.2, 0) is 11.3 Å². The topological polar surface area (TPSA) is 114 Å². The average Bonchev–Trinajstić information content (AvgIpc) is 3.38. The zero-order valence-electron chi connectivity index (χ0n) is 21.5. The van der Waals surface area contributed by atoms with Gasteiger partial charge in [0.25, 0.3) is 5.91 Å². The molecule has 3 aromatic carbocycles. The lowest BCUT2D eigenvalue weighted by atomic mass is 9.90. The van der Waals surface area contributed by atoms with Gasteiger partial charge in [0.15, 0.2) is 0 Å². The summed E-state index contributed by atoms with van der Waals surface area (Å²) in [5, 5.41) is 7.91. The molecule has 39 heavy (non-hydrogen) atoms. The smallest absolute Gasteiger partial charge is 0.328 e. The van der Waals surface area contributed by atoms with Crippen LogP contribution in [0.15, 0.2) is 72.9 Å². The van der Waals surface area contributed by atoms with Gasteiger partial charge in [-0.2, -0.15) is 5.10 Å². The van der Waals surface area contributed by atoms with Crippen LogP contribution in [0.2, 0.25) is 0 Å². The summed E-state index contributed by atoms with van der Waals surface area (Å²) in [6, 6.07) is 21.5. The Kier molecular flexibility index (Phi) is 6.58.